The molecule has 5 aromatic rings. The molecule has 0 unspecified atom stereocenters. The molecular weight excluding hydrogens is 516 g/mol. The summed E-state index contributed by atoms with van der Waals surface area (Å²) in [4.78, 5) is 0. The van der Waals surface area contributed by atoms with Crippen LogP contribution in [0, 0.1) is 6.92 Å². The molecule has 3 heteroatoms. The Morgan fingerprint density at radius 1 is 0.690 bits per heavy atom. The number of benzene rings is 5. The number of hydrogen-bond acceptors (Lipinski definition) is 3. The highest BCUT2D eigenvalue weighted by atomic mass is 16.5. The number of rotatable bonds is 4. The zero-order valence-electron chi connectivity index (χ0n) is 24.4. The van der Waals surface area contributed by atoms with E-state index in [1.54, 1.807) is 14.2 Å². The summed E-state index contributed by atoms with van der Waals surface area (Å²) in [6.45, 7) is 2.27. The summed E-state index contributed by atoms with van der Waals surface area (Å²) in [7, 11) is 3.40. The largest absolute Gasteiger partial charge is 0.497 e. The second-order valence-electron chi connectivity index (χ2n) is 11.9. The van der Waals surface area contributed by atoms with Crippen molar-refractivity contribution in [1.29, 1.82) is 0 Å². The van der Waals surface area contributed by atoms with Crippen LogP contribution in [0.3, 0.4) is 0 Å². The zero-order valence-corrected chi connectivity index (χ0v) is 24.4. The van der Waals surface area contributed by atoms with Gasteiger partial charge in [-0.25, -0.2) is 0 Å². The minimum absolute atomic E-state index is 0.0668. The summed E-state index contributed by atoms with van der Waals surface area (Å²) in [6, 6.07) is 32.5. The van der Waals surface area contributed by atoms with E-state index in [0.29, 0.717) is 0 Å². The van der Waals surface area contributed by atoms with E-state index in [2.05, 4.69) is 85.8 Å². The van der Waals surface area contributed by atoms with Gasteiger partial charge in [-0.2, -0.15) is 0 Å². The topological polar surface area (TPSA) is 27.7 Å². The summed E-state index contributed by atoms with van der Waals surface area (Å²) in [5, 5.41) is 2.56. The van der Waals surface area contributed by atoms with Crippen LogP contribution in [0.1, 0.15) is 59.1 Å². The first-order valence-corrected chi connectivity index (χ1v) is 15.0. The van der Waals surface area contributed by atoms with Crippen LogP contribution in [0.2, 0.25) is 0 Å². The molecule has 0 saturated heterocycles. The number of hydrogen-bond donors (Lipinski definition) is 0. The molecule has 42 heavy (non-hydrogen) atoms. The Bertz CT molecular complexity index is 1830. The Kier molecular flexibility index (Phi) is 5.56. The van der Waals surface area contributed by atoms with Crippen LogP contribution in [-0.2, 0) is 11.0 Å². The van der Waals surface area contributed by atoms with E-state index in [1.165, 1.54) is 64.3 Å². The van der Waals surface area contributed by atoms with Gasteiger partial charge in [-0.05, 0) is 83.3 Å². The van der Waals surface area contributed by atoms with Gasteiger partial charge in [0.05, 0.1) is 14.2 Å². The molecule has 1 spiro atoms. The maximum absolute atomic E-state index is 7.38. The first kappa shape index (κ1) is 25.2. The van der Waals surface area contributed by atoms with Crippen LogP contribution in [0.4, 0.5) is 0 Å². The molecule has 3 nitrogen and oxygen atoms in total. The highest BCUT2D eigenvalue weighted by Gasteiger charge is 2.45. The molecule has 1 aliphatic heterocycles. The summed E-state index contributed by atoms with van der Waals surface area (Å²) in [5.41, 5.74) is 9.50. The number of fused-ring (bicyclic) bond motifs is 6. The van der Waals surface area contributed by atoms with Gasteiger partial charge in [0, 0.05) is 27.5 Å². The lowest BCUT2D eigenvalue weighted by Gasteiger charge is -2.41. The minimum Gasteiger partial charge on any atom is -0.497 e. The van der Waals surface area contributed by atoms with Crippen LogP contribution in [-0.4, -0.2) is 14.2 Å². The predicted octanol–water partition coefficient (Wildman–Crippen LogP) is 9.36. The third kappa shape index (κ3) is 3.34. The summed E-state index contributed by atoms with van der Waals surface area (Å²) in [5.74, 6) is 2.60. The maximum Gasteiger partial charge on any atom is 0.178 e. The van der Waals surface area contributed by atoms with E-state index in [4.69, 9.17) is 14.2 Å². The smallest absolute Gasteiger partial charge is 0.178 e. The van der Waals surface area contributed by atoms with Crippen molar-refractivity contribution in [2.45, 2.75) is 43.6 Å². The third-order valence-corrected chi connectivity index (χ3v) is 10.1. The standard InChI is InChI=1S/C39H34O3/c1-25-30-21-24-39(26-13-17-28(40-2)18-14-26,27-15-19-29(41-3)20-16-27)42-37(30)32-10-8-12-34-36(32)35(25)31-9-4-5-11-33(31)38(34)22-6-7-23-38/h4-5,8-21,24H,6-7,22-23H2,1-3H3. The van der Waals surface area contributed by atoms with Crippen molar-refractivity contribution in [3.05, 3.63) is 130 Å². The molecule has 0 N–H and O–H groups in total. The van der Waals surface area contributed by atoms with Crippen molar-refractivity contribution in [3.63, 3.8) is 0 Å². The predicted molar refractivity (Wildman–Crippen MR) is 170 cm³/mol. The highest BCUT2D eigenvalue weighted by Crippen LogP contribution is 2.59. The average Bonchev–Trinajstić information content (AvgIpc) is 3.55. The fourth-order valence-electron chi connectivity index (χ4n) is 8.03. The van der Waals surface area contributed by atoms with Crippen LogP contribution in [0.5, 0.6) is 17.2 Å². The van der Waals surface area contributed by atoms with Crippen LogP contribution < -0.4 is 14.2 Å². The first-order valence-electron chi connectivity index (χ1n) is 15.0. The Morgan fingerprint density at radius 2 is 1.31 bits per heavy atom. The quantitative estimate of drug-likeness (QED) is 0.223. The van der Waals surface area contributed by atoms with Crippen molar-refractivity contribution in [1.82, 2.24) is 0 Å². The van der Waals surface area contributed by atoms with Gasteiger partial charge in [-0.15, -0.1) is 0 Å². The lowest BCUT2D eigenvalue weighted by atomic mass is 9.64. The van der Waals surface area contributed by atoms with E-state index in [1.807, 2.05) is 24.3 Å². The molecule has 8 rings (SSSR count). The van der Waals surface area contributed by atoms with Gasteiger partial charge in [0.1, 0.15) is 17.2 Å². The van der Waals surface area contributed by atoms with Crippen LogP contribution in [0.25, 0.3) is 28.0 Å². The second-order valence-corrected chi connectivity index (χ2v) is 11.9. The van der Waals surface area contributed by atoms with Crippen molar-refractivity contribution in [2.75, 3.05) is 14.2 Å². The molecule has 5 aromatic carbocycles. The molecule has 1 heterocycles. The van der Waals surface area contributed by atoms with Gasteiger partial charge in [-0.3, -0.25) is 0 Å². The Hall–Kier alpha value is -4.50. The lowest BCUT2D eigenvalue weighted by molar-refractivity contribution is 0.163. The number of ether oxygens (including phenoxy) is 3. The summed E-state index contributed by atoms with van der Waals surface area (Å²) < 4.78 is 18.4. The van der Waals surface area contributed by atoms with E-state index < -0.39 is 5.60 Å². The summed E-state index contributed by atoms with van der Waals surface area (Å²) in [6.07, 6.45) is 9.43. The maximum atomic E-state index is 7.38. The fraction of sp³-hybridized carbons (Fsp3) is 0.231. The van der Waals surface area contributed by atoms with E-state index in [9.17, 15) is 0 Å². The molecule has 2 aliphatic carbocycles. The third-order valence-electron chi connectivity index (χ3n) is 10.1. The fourth-order valence-corrected chi connectivity index (χ4v) is 8.03. The molecule has 0 radical (unpaired) electrons. The zero-order chi connectivity index (χ0) is 28.5. The monoisotopic (exact) mass is 550 g/mol. The van der Waals surface area contributed by atoms with Crippen molar-refractivity contribution in [2.24, 2.45) is 0 Å². The molecule has 0 atom stereocenters. The van der Waals surface area contributed by atoms with Gasteiger partial charge in [0.15, 0.2) is 5.60 Å². The molecule has 0 bridgehead atoms. The van der Waals surface area contributed by atoms with Gasteiger partial charge in [-0.1, -0.05) is 85.6 Å². The molecule has 1 fully saturated rings. The molecule has 1 saturated carbocycles. The van der Waals surface area contributed by atoms with Crippen LogP contribution in [0.15, 0.2) is 97.1 Å². The Morgan fingerprint density at radius 3 is 1.95 bits per heavy atom. The SMILES string of the molecule is COc1ccc(C2(c3ccc(OC)cc3)C=Cc3c(C)c4c5c(cccc5c3O2)C2(CCCC2)c2ccccc2-4)cc1. The van der Waals surface area contributed by atoms with Crippen molar-refractivity contribution >= 4 is 16.8 Å². The normalized spacial score (nSPS) is 17.0. The minimum atomic E-state index is -0.810. The Labute approximate surface area is 247 Å². The first-order chi connectivity index (χ1) is 20.6. The molecular formula is C39H34O3. The van der Waals surface area contributed by atoms with Gasteiger partial charge >= 0.3 is 0 Å². The molecule has 0 aromatic heterocycles. The lowest BCUT2D eigenvalue weighted by Crippen LogP contribution is -2.35. The summed E-state index contributed by atoms with van der Waals surface area (Å²) >= 11 is 0. The number of methoxy groups -OCH3 is 2. The van der Waals surface area contributed by atoms with Crippen molar-refractivity contribution in [3.8, 4) is 28.4 Å². The van der Waals surface area contributed by atoms with Gasteiger partial charge < -0.3 is 14.2 Å². The highest BCUT2D eigenvalue weighted by molar-refractivity contribution is 6.09. The van der Waals surface area contributed by atoms with E-state index in [0.717, 1.165) is 33.9 Å². The van der Waals surface area contributed by atoms with Gasteiger partial charge in [0.2, 0.25) is 0 Å². The van der Waals surface area contributed by atoms with Gasteiger partial charge in [0.25, 0.3) is 0 Å². The molecule has 3 aliphatic rings. The average molecular weight is 551 g/mol. The van der Waals surface area contributed by atoms with E-state index >= 15 is 0 Å². The molecule has 0 amide bonds. The Balaban J connectivity index is 1.42. The van der Waals surface area contributed by atoms with Crippen molar-refractivity contribution < 1.29 is 14.2 Å². The molecule has 208 valence electrons. The van der Waals surface area contributed by atoms with Crippen LogP contribution >= 0.6 is 0 Å². The van der Waals surface area contributed by atoms with E-state index in [-0.39, 0.29) is 5.41 Å². The second kappa shape index (κ2) is 9.25.